The Morgan fingerprint density at radius 3 is 2.38 bits per heavy atom. The Balaban J connectivity index is 2.67. The van der Waals surface area contributed by atoms with Crippen LogP contribution in [0.25, 0.3) is 0 Å². The van der Waals surface area contributed by atoms with Crippen LogP contribution >= 0.6 is 0 Å². The summed E-state index contributed by atoms with van der Waals surface area (Å²) in [5, 5.41) is 10.3. The second-order valence-corrected chi connectivity index (χ2v) is 10.1. The van der Waals surface area contributed by atoms with Crippen LogP contribution in [0, 0.1) is 11.3 Å². The molecule has 1 heterocycles. The highest BCUT2D eigenvalue weighted by Gasteiger charge is 2.38. The highest BCUT2D eigenvalue weighted by atomic mass is 16.6. The zero-order chi connectivity index (χ0) is 25.6. The fraction of sp³-hybridized carbons (Fsp3) is 0.536. The van der Waals surface area contributed by atoms with Crippen molar-refractivity contribution in [2.45, 2.75) is 85.3 Å². The smallest absolute Gasteiger partial charge is 0.411 e. The van der Waals surface area contributed by atoms with E-state index in [1.54, 1.807) is 0 Å². The van der Waals surface area contributed by atoms with E-state index in [-0.39, 0.29) is 6.42 Å². The summed E-state index contributed by atoms with van der Waals surface area (Å²) in [6, 6.07) is 9.90. The van der Waals surface area contributed by atoms with Gasteiger partial charge in [0.25, 0.3) is 0 Å². The maximum absolute atomic E-state index is 13.0. The molecule has 0 fully saturated rings. The second-order valence-electron chi connectivity index (χ2n) is 10.1. The van der Waals surface area contributed by atoms with Crippen molar-refractivity contribution in [2.75, 3.05) is 18.5 Å². The Hall–Kier alpha value is -3.07. The normalized spacial score (nSPS) is 17.3. The van der Waals surface area contributed by atoms with Crippen LogP contribution in [0.4, 0.5) is 10.5 Å². The van der Waals surface area contributed by atoms with E-state index in [1.807, 2.05) is 41.7 Å². The molecule has 0 aliphatic carbocycles. The van der Waals surface area contributed by atoms with E-state index < -0.39 is 17.7 Å². The number of amides is 1. The van der Waals surface area contributed by atoms with Crippen molar-refractivity contribution >= 4 is 18.1 Å². The predicted octanol–water partition coefficient (Wildman–Crippen LogP) is 6.35. The number of benzene rings is 1. The van der Waals surface area contributed by atoms with Gasteiger partial charge < -0.3 is 14.4 Å². The quantitative estimate of drug-likeness (QED) is 0.439. The summed E-state index contributed by atoms with van der Waals surface area (Å²) in [5.74, 6) is 0.434. The number of hydrogen-bond acceptors (Lipinski definition) is 5. The van der Waals surface area contributed by atoms with E-state index in [0.29, 0.717) is 18.9 Å². The van der Waals surface area contributed by atoms with Crippen LogP contribution in [0.3, 0.4) is 0 Å². The number of carbonyl (C=O) groups excluding carboxylic acids is 2. The number of nitrogens with zero attached hydrogens (tertiary/aromatic N) is 3. The molecule has 0 spiro atoms. The van der Waals surface area contributed by atoms with Crippen molar-refractivity contribution in [1.29, 1.82) is 5.26 Å². The molecule has 2 rings (SSSR count). The average molecular weight is 466 g/mol. The third kappa shape index (κ3) is 6.28. The lowest BCUT2D eigenvalue weighted by atomic mass is 9.86. The van der Waals surface area contributed by atoms with Crippen molar-refractivity contribution in [2.24, 2.45) is 0 Å². The molecular formula is C28H39N3O3. The van der Waals surface area contributed by atoms with Gasteiger partial charge in [-0.25, -0.2) is 4.79 Å². The van der Waals surface area contributed by atoms with Gasteiger partial charge in [0, 0.05) is 43.4 Å². The van der Waals surface area contributed by atoms with Gasteiger partial charge in [-0.2, -0.15) is 5.26 Å². The minimum atomic E-state index is -0.840. The third-order valence-corrected chi connectivity index (χ3v) is 6.25. The number of aldehydes is 1. The van der Waals surface area contributed by atoms with E-state index in [4.69, 9.17) is 4.74 Å². The lowest BCUT2D eigenvalue weighted by molar-refractivity contribution is -0.107. The van der Waals surface area contributed by atoms with Crippen LogP contribution in [0.5, 0.6) is 0 Å². The number of nitriles is 1. The Labute approximate surface area is 204 Å². The van der Waals surface area contributed by atoms with E-state index in [2.05, 4.69) is 49.1 Å². The molecule has 1 atom stereocenters. The van der Waals surface area contributed by atoms with Crippen molar-refractivity contribution < 1.29 is 14.3 Å². The van der Waals surface area contributed by atoms with E-state index in [0.717, 1.165) is 40.8 Å². The van der Waals surface area contributed by atoms with Crippen LogP contribution in [-0.2, 0) is 9.53 Å². The Morgan fingerprint density at radius 2 is 1.91 bits per heavy atom. The van der Waals surface area contributed by atoms with E-state index >= 15 is 0 Å². The van der Waals surface area contributed by atoms with Gasteiger partial charge in [-0.1, -0.05) is 38.5 Å². The SMILES string of the molecule is CCC(C)=C(CC=O)C1=C(N(C)c2ccc(C(C)C)cc2)CCN(C(=O)OC(C)(C)C)C1C#N. The van der Waals surface area contributed by atoms with Crippen molar-refractivity contribution in [3.05, 3.63) is 52.2 Å². The molecule has 0 saturated heterocycles. The molecule has 1 amide bonds. The standard InChI is InChI=1S/C28H39N3O3/c1-9-20(4)23(15-17-32)26-24(30(8)22-12-10-21(11-13-22)19(2)3)14-16-31(25(26)18-29)27(33)34-28(5,6)7/h10-13,17,19,25H,9,14-16H2,1-8H3. The van der Waals surface area contributed by atoms with Crippen LogP contribution in [-0.4, -0.2) is 42.5 Å². The molecule has 0 aromatic heterocycles. The first-order valence-electron chi connectivity index (χ1n) is 12.0. The first-order valence-corrected chi connectivity index (χ1v) is 12.0. The number of anilines is 1. The van der Waals surface area contributed by atoms with Gasteiger partial charge in [0.15, 0.2) is 0 Å². The molecule has 1 unspecified atom stereocenters. The summed E-state index contributed by atoms with van der Waals surface area (Å²) in [4.78, 5) is 28.3. The largest absolute Gasteiger partial charge is 0.444 e. The molecule has 0 N–H and O–H groups in total. The second kappa shape index (κ2) is 11.4. The number of allylic oxidation sites excluding steroid dienone is 1. The molecule has 34 heavy (non-hydrogen) atoms. The molecule has 0 radical (unpaired) electrons. The van der Waals surface area contributed by atoms with E-state index in [9.17, 15) is 14.9 Å². The Morgan fingerprint density at radius 1 is 1.29 bits per heavy atom. The van der Waals surface area contributed by atoms with Gasteiger partial charge in [-0.3, -0.25) is 4.90 Å². The number of ether oxygens (including phenoxy) is 1. The number of carbonyl (C=O) groups is 2. The minimum absolute atomic E-state index is 0.193. The van der Waals surface area contributed by atoms with Crippen LogP contribution in [0.1, 0.15) is 79.2 Å². The van der Waals surface area contributed by atoms with Gasteiger partial charge >= 0.3 is 6.09 Å². The lowest BCUT2D eigenvalue weighted by Gasteiger charge is -2.40. The highest BCUT2D eigenvalue weighted by molar-refractivity contribution is 5.73. The lowest BCUT2D eigenvalue weighted by Crippen LogP contribution is -2.48. The number of hydrogen-bond donors (Lipinski definition) is 0. The highest BCUT2D eigenvalue weighted by Crippen LogP contribution is 2.37. The van der Waals surface area contributed by atoms with Crippen molar-refractivity contribution in [1.82, 2.24) is 4.90 Å². The topological polar surface area (TPSA) is 73.6 Å². The van der Waals surface area contributed by atoms with Crippen LogP contribution in [0.15, 0.2) is 46.7 Å². The minimum Gasteiger partial charge on any atom is -0.444 e. The Bertz CT molecular complexity index is 991. The summed E-state index contributed by atoms with van der Waals surface area (Å²) in [6.07, 6.45) is 1.85. The monoisotopic (exact) mass is 465 g/mol. The first kappa shape index (κ1) is 27.2. The van der Waals surface area contributed by atoms with Crippen LogP contribution in [0.2, 0.25) is 0 Å². The third-order valence-electron chi connectivity index (χ3n) is 6.25. The fourth-order valence-corrected chi connectivity index (χ4v) is 4.19. The van der Waals surface area contributed by atoms with Crippen LogP contribution < -0.4 is 4.90 Å². The predicted molar refractivity (Wildman–Crippen MR) is 137 cm³/mol. The summed E-state index contributed by atoms with van der Waals surface area (Å²) in [7, 11) is 1.98. The van der Waals surface area contributed by atoms with Gasteiger partial charge in [0.2, 0.25) is 0 Å². The first-order chi connectivity index (χ1) is 15.9. The van der Waals surface area contributed by atoms with Crippen molar-refractivity contribution in [3.63, 3.8) is 0 Å². The molecular weight excluding hydrogens is 426 g/mol. The van der Waals surface area contributed by atoms with Gasteiger partial charge in [-0.05, 0) is 63.3 Å². The Kier molecular flexibility index (Phi) is 9.09. The van der Waals surface area contributed by atoms with Gasteiger partial charge in [0.1, 0.15) is 17.9 Å². The molecule has 1 aromatic rings. The molecule has 6 heteroatoms. The molecule has 1 aliphatic rings. The zero-order valence-corrected chi connectivity index (χ0v) is 21.9. The maximum atomic E-state index is 13.0. The van der Waals surface area contributed by atoms with Gasteiger partial charge in [-0.15, -0.1) is 0 Å². The summed E-state index contributed by atoms with van der Waals surface area (Å²) in [5.41, 5.74) is 5.14. The molecule has 1 aliphatic heterocycles. The summed E-state index contributed by atoms with van der Waals surface area (Å²) in [6.45, 7) is 14.1. The van der Waals surface area contributed by atoms with Crippen molar-refractivity contribution in [3.8, 4) is 6.07 Å². The molecule has 184 valence electrons. The molecule has 6 nitrogen and oxygen atoms in total. The number of rotatable bonds is 7. The van der Waals surface area contributed by atoms with E-state index in [1.165, 1.54) is 10.5 Å². The molecule has 1 aromatic carbocycles. The zero-order valence-electron chi connectivity index (χ0n) is 21.9. The summed E-state index contributed by atoms with van der Waals surface area (Å²) < 4.78 is 5.61. The average Bonchev–Trinajstić information content (AvgIpc) is 2.79. The maximum Gasteiger partial charge on any atom is 0.411 e. The fourth-order valence-electron chi connectivity index (χ4n) is 4.19. The summed E-state index contributed by atoms with van der Waals surface area (Å²) >= 11 is 0. The van der Waals surface area contributed by atoms with Gasteiger partial charge in [0.05, 0.1) is 6.07 Å². The molecule has 0 saturated carbocycles. The molecule has 0 bridgehead atoms.